The van der Waals surface area contributed by atoms with Gasteiger partial charge in [0.15, 0.2) is 6.29 Å². The number of nitrogens with one attached hydrogen (secondary N) is 2. The highest BCUT2D eigenvalue weighted by atomic mass is 16.7. The van der Waals surface area contributed by atoms with E-state index < -0.39 is 61.1 Å². The van der Waals surface area contributed by atoms with E-state index in [1.807, 2.05) is 44.2 Å². The summed E-state index contributed by atoms with van der Waals surface area (Å²) in [6, 6.07) is 7.75. The summed E-state index contributed by atoms with van der Waals surface area (Å²) in [7, 11) is 0. The van der Waals surface area contributed by atoms with Gasteiger partial charge in [-0.25, -0.2) is 9.59 Å². The molecule has 1 aliphatic carbocycles. The van der Waals surface area contributed by atoms with Crippen molar-refractivity contribution in [3.8, 4) is 0 Å². The Morgan fingerprint density at radius 1 is 1.21 bits per heavy atom. The Morgan fingerprint density at radius 2 is 1.94 bits per heavy atom. The van der Waals surface area contributed by atoms with E-state index in [0.29, 0.717) is 0 Å². The highest BCUT2D eigenvalue weighted by Gasteiger charge is 2.50. The smallest absolute Gasteiger partial charge is 0.407 e. The van der Waals surface area contributed by atoms with Gasteiger partial charge in [0.25, 0.3) is 0 Å². The average molecular weight is 480 g/mol. The standard InChI is InChI=1S/C23H33N3O8/c1-11-12(2)21(32-16-9-25-22(29)34-19(11)16)33-20-15(8-14(24)17(27)18(20)28)26-23(30)31-10-13-6-4-3-5-7-13/h3-7,11-12,14-21,27-28H,8-10,24H2,1-2H3,(H,25,29)(H,26,30)/t11-,12?,14-,15?,16?,17?,18-,19+,20-,21-/m1/s1. The molecular weight excluding hydrogens is 446 g/mol. The number of ether oxygens (including phenoxy) is 4. The molecular formula is C23H33N3O8. The van der Waals surface area contributed by atoms with Crippen molar-refractivity contribution in [3.63, 3.8) is 0 Å². The Bertz CT molecular complexity index is 856. The number of alkyl carbamates (subject to hydrolysis) is 2. The molecule has 1 aromatic carbocycles. The zero-order valence-corrected chi connectivity index (χ0v) is 19.2. The van der Waals surface area contributed by atoms with Gasteiger partial charge in [0, 0.05) is 17.9 Å². The van der Waals surface area contributed by atoms with Crippen molar-refractivity contribution < 1.29 is 38.7 Å². The average Bonchev–Trinajstić information content (AvgIpc) is 2.83. The van der Waals surface area contributed by atoms with Gasteiger partial charge in [-0.1, -0.05) is 44.2 Å². The molecule has 0 spiro atoms. The first kappa shape index (κ1) is 24.7. The van der Waals surface area contributed by atoms with E-state index in [-0.39, 0.29) is 31.4 Å². The summed E-state index contributed by atoms with van der Waals surface area (Å²) in [5, 5.41) is 26.5. The lowest BCUT2D eigenvalue weighted by molar-refractivity contribution is -0.297. The zero-order valence-electron chi connectivity index (χ0n) is 19.2. The summed E-state index contributed by atoms with van der Waals surface area (Å²) < 4.78 is 22.9. The number of fused-ring (bicyclic) bond motifs is 1. The molecule has 3 aliphatic rings. The summed E-state index contributed by atoms with van der Waals surface area (Å²) in [5.74, 6) is -0.275. The maximum absolute atomic E-state index is 12.5. The number of hydrogen-bond acceptors (Lipinski definition) is 9. The maximum Gasteiger partial charge on any atom is 0.407 e. The molecule has 0 radical (unpaired) electrons. The number of benzene rings is 1. The molecule has 188 valence electrons. The number of aliphatic hydroxyl groups excluding tert-OH is 2. The minimum Gasteiger partial charge on any atom is -0.445 e. The van der Waals surface area contributed by atoms with Gasteiger partial charge in [0.05, 0.1) is 18.7 Å². The van der Waals surface area contributed by atoms with Crippen LogP contribution in [-0.4, -0.2) is 77.8 Å². The zero-order chi connectivity index (χ0) is 24.4. The van der Waals surface area contributed by atoms with Crippen LogP contribution in [0.5, 0.6) is 0 Å². The number of amides is 2. The molecule has 2 amide bonds. The molecule has 0 bridgehead atoms. The van der Waals surface area contributed by atoms with Gasteiger partial charge in [0.1, 0.15) is 31.0 Å². The van der Waals surface area contributed by atoms with E-state index in [2.05, 4.69) is 10.6 Å². The van der Waals surface area contributed by atoms with Crippen LogP contribution >= 0.6 is 0 Å². The molecule has 34 heavy (non-hydrogen) atoms. The predicted molar refractivity (Wildman–Crippen MR) is 118 cm³/mol. The van der Waals surface area contributed by atoms with Crippen molar-refractivity contribution in [1.29, 1.82) is 0 Å². The second kappa shape index (κ2) is 10.4. The minimum atomic E-state index is -1.35. The lowest BCUT2D eigenvalue weighted by Gasteiger charge is -2.48. The van der Waals surface area contributed by atoms with E-state index in [1.165, 1.54) is 0 Å². The number of hydrogen-bond donors (Lipinski definition) is 5. The highest BCUT2D eigenvalue weighted by Crippen LogP contribution is 2.36. The van der Waals surface area contributed by atoms with Crippen LogP contribution in [0.4, 0.5) is 9.59 Å². The molecule has 11 heteroatoms. The summed E-state index contributed by atoms with van der Waals surface area (Å²) in [5.41, 5.74) is 6.83. The van der Waals surface area contributed by atoms with Gasteiger partial charge in [-0.15, -0.1) is 0 Å². The Morgan fingerprint density at radius 3 is 2.68 bits per heavy atom. The Labute approximate surface area is 197 Å². The number of aliphatic hydroxyl groups is 2. The first-order valence-corrected chi connectivity index (χ1v) is 11.6. The van der Waals surface area contributed by atoms with Gasteiger partial charge < -0.3 is 45.5 Å². The molecule has 2 saturated heterocycles. The second-order valence-corrected chi connectivity index (χ2v) is 9.31. The van der Waals surface area contributed by atoms with Gasteiger partial charge in [-0.05, 0) is 12.0 Å². The van der Waals surface area contributed by atoms with Crippen LogP contribution in [0.2, 0.25) is 0 Å². The molecule has 4 unspecified atom stereocenters. The van der Waals surface area contributed by atoms with Crippen LogP contribution in [0.25, 0.3) is 0 Å². The SMILES string of the molecule is CC1[C@@H](O[C@@H]2C(NC(=O)OCc3ccccc3)C[C@@H](N)C(O)[C@H]2O)OC2CNC(=O)O[C@H]2[C@@H]1C. The Hall–Kier alpha value is -2.44. The topological polar surface area (TPSA) is 162 Å². The van der Waals surface area contributed by atoms with Gasteiger partial charge in [-0.3, -0.25) is 0 Å². The summed E-state index contributed by atoms with van der Waals surface area (Å²) >= 11 is 0. The fourth-order valence-corrected chi connectivity index (χ4v) is 4.75. The second-order valence-electron chi connectivity index (χ2n) is 9.31. The third kappa shape index (κ3) is 5.28. The minimum absolute atomic E-state index is 0.0787. The van der Waals surface area contributed by atoms with E-state index >= 15 is 0 Å². The normalized spacial score (nSPS) is 39.9. The van der Waals surface area contributed by atoms with Crippen molar-refractivity contribution in [1.82, 2.24) is 10.6 Å². The fourth-order valence-electron chi connectivity index (χ4n) is 4.75. The number of rotatable bonds is 5. The van der Waals surface area contributed by atoms with Gasteiger partial charge in [-0.2, -0.15) is 0 Å². The third-order valence-electron chi connectivity index (χ3n) is 7.00. The summed E-state index contributed by atoms with van der Waals surface area (Å²) in [6.45, 7) is 4.19. The lowest BCUT2D eigenvalue weighted by Crippen LogP contribution is -2.66. The number of carbonyl (C=O) groups excluding carboxylic acids is 2. The van der Waals surface area contributed by atoms with Crippen LogP contribution in [0, 0.1) is 11.8 Å². The third-order valence-corrected chi connectivity index (χ3v) is 7.00. The molecule has 10 atom stereocenters. The van der Waals surface area contributed by atoms with Crippen LogP contribution in [-0.2, 0) is 25.6 Å². The molecule has 2 aliphatic heterocycles. The van der Waals surface area contributed by atoms with Crippen molar-refractivity contribution in [3.05, 3.63) is 35.9 Å². The maximum atomic E-state index is 12.5. The largest absolute Gasteiger partial charge is 0.445 e. The van der Waals surface area contributed by atoms with Crippen molar-refractivity contribution in [2.24, 2.45) is 17.6 Å². The fraction of sp³-hybridized carbons (Fsp3) is 0.652. The molecule has 2 heterocycles. The molecule has 3 fully saturated rings. The van der Waals surface area contributed by atoms with Crippen LogP contribution < -0.4 is 16.4 Å². The molecule has 0 aromatic heterocycles. The van der Waals surface area contributed by atoms with Crippen molar-refractivity contribution in [2.75, 3.05) is 6.54 Å². The van der Waals surface area contributed by atoms with Crippen LogP contribution in [0.1, 0.15) is 25.8 Å². The molecule has 11 nitrogen and oxygen atoms in total. The van der Waals surface area contributed by atoms with E-state index in [9.17, 15) is 19.8 Å². The molecule has 6 N–H and O–H groups in total. The van der Waals surface area contributed by atoms with Crippen molar-refractivity contribution in [2.45, 2.75) is 75.8 Å². The van der Waals surface area contributed by atoms with Crippen molar-refractivity contribution >= 4 is 12.2 Å². The molecule has 1 saturated carbocycles. The van der Waals surface area contributed by atoms with Gasteiger partial charge in [0.2, 0.25) is 0 Å². The monoisotopic (exact) mass is 479 g/mol. The number of nitrogens with two attached hydrogens (primary N) is 1. The molecule has 1 aromatic rings. The van der Waals surface area contributed by atoms with Crippen LogP contribution in [0.15, 0.2) is 30.3 Å². The van der Waals surface area contributed by atoms with E-state index in [4.69, 9.17) is 24.7 Å². The lowest BCUT2D eigenvalue weighted by atomic mass is 9.82. The van der Waals surface area contributed by atoms with Crippen LogP contribution in [0.3, 0.4) is 0 Å². The highest BCUT2D eigenvalue weighted by molar-refractivity contribution is 5.68. The van der Waals surface area contributed by atoms with E-state index in [1.54, 1.807) is 0 Å². The molecule has 4 rings (SSSR count). The Kier molecular flexibility index (Phi) is 7.58. The summed E-state index contributed by atoms with van der Waals surface area (Å²) in [6.07, 6.45) is -6.18. The quantitative estimate of drug-likeness (QED) is 0.398. The summed E-state index contributed by atoms with van der Waals surface area (Å²) in [4.78, 5) is 24.1. The van der Waals surface area contributed by atoms with Gasteiger partial charge >= 0.3 is 12.2 Å². The number of carbonyl (C=O) groups is 2. The predicted octanol–water partition coefficient (Wildman–Crippen LogP) is 0.225. The first-order valence-electron chi connectivity index (χ1n) is 11.6. The Balaban J connectivity index is 1.43. The first-order chi connectivity index (χ1) is 16.2. The van der Waals surface area contributed by atoms with E-state index in [0.717, 1.165) is 5.56 Å².